The van der Waals surface area contributed by atoms with Crippen LogP contribution in [0.5, 0.6) is 0 Å². The summed E-state index contributed by atoms with van der Waals surface area (Å²) in [4.78, 5) is 0. The third-order valence-electron chi connectivity index (χ3n) is 3.49. The van der Waals surface area contributed by atoms with Crippen LogP contribution in [-0.2, 0) is 10.0 Å². The number of benzene rings is 1. The average molecular weight is 316 g/mol. The molecule has 1 aromatic carbocycles. The SMILES string of the molecule is O=S1(=O)CCCN1c1ccc(F)c(NCCCCCO)c1. The summed E-state index contributed by atoms with van der Waals surface area (Å²) in [6.07, 6.45) is 3.03. The van der Waals surface area contributed by atoms with Crippen molar-refractivity contribution in [3.8, 4) is 0 Å². The number of nitrogens with zero attached hydrogens (tertiary/aromatic N) is 1. The topological polar surface area (TPSA) is 69.6 Å². The monoisotopic (exact) mass is 316 g/mol. The standard InChI is InChI=1S/C14H21FN2O3S/c15-13-6-5-12(17-8-4-10-21(17,19)20)11-14(13)16-7-2-1-3-9-18/h5-6,11,16,18H,1-4,7-10H2. The summed E-state index contributed by atoms with van der Waals surface area (Å²) in [7, 11) is -3.25. The maximum atomic E-state index is 13.8. The van der Waals surface area contributed by atoms with E-state index in [2.05, 4.69) is 5.32 Å². The summed E-state index contributed by atoms with van der Waals surface area (Å²) < 4.78 is 38.8. The Morgan fingerprint density at radius 3 is 2.76 bits per heavy atom. The van der Waals surface area contributed by atoms with E-state index in [1.807, 2.05) is 0 Å². The zero-order valence-corrected chi connectivity index (χ0v) is 12.7. The summed E-state index contributed by atoms with van der Waals surface area (Å²) in [5.74, 6) is -0.244. The molecule has 118 valence electrons. The lowest BCUT2D eigenvalue weighted by molar-refractivity contribution is 0.283. The van der Waals surface area contributed by atoms with Crippen LogP contribution in [0, 0.1) is 5.82 Å². The first-order chi connectivity index (χ1) is 10.0. The molecule has 1 aromatic rings. The number of rotatable bonds is 7. The van der Waals surface area contributed by atoms with Gasteiger partial charge in [-0.2, -0.15) is 0 Å². The minimum absolute atomic E-state index is 0.147. The fraction of sp³-hybridized carbons (Fsp3) is 0.571. The second-order valence-electron chi connectivity index (χ2n) is 5.12. The van der Waals surface area contributed by atoms with Gasteiger partial charge in [-0.05, 0) is 43.9 Å². The fourth-order valence-corrected chi connectivity index (χ4v) is 3.93. The Labute approximate surface area is 124 Å². The number of hydrogen-bond acceptors (Lipinski definition) is 4. The number of nitrogens with one attached hydrogen (secondary N) is 1. The highest BCUT2D eigenvalue weighted by molar-refractivity contribution is 7.93. The highest BCUT2D eigenvalue weighted by Crippen LogP contribution is 2.28. The van der Waals surface area contributed by atoms with Gasteiger partial charge in [0.05, 0.1) is 17.1 Å². The molecule has 1 aliphatic heterocycles. The van der Waals surface area contributed by atoms with Gasteiger partial charge in [0, 0.05) is 19.7 Å². The number of hydrogen-bond donors (Lipinski definition) is 2. The molecule has 1 fully saturated rings. The molecule has 0 bridgehead atoms. The lowest BCUT2D eigenvalue weighted by Gasteiger charge is -2.18. The first-order valence-electron chi connectivity index (χ1n) is 7.19. The third kappa shape index (κ3) is 4.07. The van der Waals surface area contributed by atoms with Crippen LogP contribution in [-0.4, -0.2) is 39.0 Å². The van der Waals surface area contributed by atoms with Gasteiger partial charge < -0.3 is 10.4 Å². The van der Waals surface area contributed by atoms with Crippen LogP contribution in [0.25, 0.3) is 0 Å². The van der Waals surface area contributed by atoms with Crippen LogP contribution < -0.4 is 9.62 Å². The number of unbranched alkanes of at least 4 members (excludes halogenated alkanes) is 2. The van der Waals surface area contributed by atoms with Gasteiger partial charge in [0.25, 0.3) is 0 Å². The molecule has 0 saturated carbocycles. The second kappa shape index (κ2) is 7.09. The molecule has 21 heavy (non-hydrogen) atoms. The quantitative estimate of drug-likeness (QED) is 0.754. The molecule has 0 amide bonds. The van der Waals surface area contributed by atoms with Crippen LogP contribution in [0.15, 0.2) is 18.2 Å². The zero-order chi connectivity index (χ0) is 15.3. The van der Waals surface area contributed by atoms with Crippen LogP contribution in [0.1, 0.15) is 25.7 Å². The van der Waals surface area contributed by atoms with E-state index in [-0.39, 0.29) is 12.4 Å². The first-order valence-corrected chi connectivity index (χ1v) is 8.80. The maximum Gasteiger partial charge on any atom is 0.235 e. The fourth-order valence-electron chi connectivity index (χ4n) is 2.37. The Kier molecular flexibility index (Phi) is 5.41. The molecule has 7 heteroatoms. The normalized spacial score (nSPS) is 17.1. The largest absolute Gasteiger partial charge is 0.396 e. The van der Waals surface area contributed by atoms with Crippen molar-refractivity contribution < 1.29 is 17.9 Å². The van der Waals surface area contributed by atoms with E-state index in [4.69, 9.17) is 5.11 Å². The molecule has 0 spiro atoms. The van der Waals surface area contributed by atoms with Crippen molar-refractivity contribution in [3.05, 3.63) is 24.0 Å². The second-order valence-corrected chi connectivity index (χ2v) is 7.13. The van der Waals surface area contributed by atoms with Crippen molar-refractivity contribution >= 4 is 21.4 Å². The highest BCUT2D eigenvalue weighted by atomic mass is 32.2. The van der Waals surface area contributed by atoms with Crippen LogP contribution in [0.2, 0.25) is 0 Å². The Balaban J connectivity index is 2.03. The maximum absolute atomic E-state index is 13.8. The predicted octanol–water partition coefficient (Wildman–Crippen LogP) is 1.94. The van der Waals surface area contributed by atoms with Crippen molar-refractivity contribution in [1.29, 1.82) is 0 Å². The third-order valence-corrected chi connectivity index (χ3v) is 5.36. The lowest BCUT2D eigenvalue weighted by Crippen LogP contribution is -2.25. The molecule has 0 unspecified atom stereocenters. The van der Waals surface area contributed by atoms with Gasteiger partial charge in [0.2, 0.25) is 10.0 Å². The highest BCUT2D eigenvalue weighted by Gasteiger charge is 2.28. The number of aliphatic hydroxyl groups is 1. The molecule has 1 heterocycles. The lowest BCUT2D eigenvalue weighted by atomic mass is 10.2. The minimum Gasteiger partial charge on any atom is -0.396 e. The predicted molar refractivity (Wildman–Crippen MR) is 81.6 cm³/mol. The van der Waals surface area contributed by atoms with E-state index in [9.17, 15) is 12.8 Å². The number of anilines is 2. The van der Waals surface area contributed by atoms with E-state index in [1.165, 1.54) is 16.4 Å². The van der Waals surface area contributed by atoms with Crippen molar-refractivity contribution in [2.45, 2.75) is 25.7 Å². The first kappa shape index (κ1) is 16.0. The van der Waals surface area contributed by atoms with Gasteiger partial charge >= 0.3 is 0 Å². The molecule has 0 radical (unpaired) electrons. The minimum atomic E-state index is -3.25. The number of halogens is 1. The molecule has 0 aromatic heterocycles. The summed E-state index contributed by atoms with van der Waals surface area (Å²) in [5.41, 5.74) is 0.824. The summed E-state index contributed by atoms with van der Waals surface area (Å²) in [6, 6.07) is 4.33. The van der Waals surface area contributed by atoms with E-state index in [0.29, 0.717) is 30.9 Å². The molecule has 0 atom stereocenters. The van der Waals surface area contributed by atoms with Crippen molar-refractivity contribution in [2.24, 2.45) is 0 Å². The Bertz CT molecular complexity index is 578. The molecular formula is C14H21FN2O3S. The Morgan fingerprint density at radius 1 is 1.29 bits per heavy atom. The van der Waals surface area contributed by atoms with E-state index >= 15 is 0 Å². The van der Waals surface area contributed by atoms with Gasteiger partial charge in [0.15, 0.2) is 0 Å². The van der Waals surface area contributed by atoms with Gasteiger partial charge in [0.1, 0.15) is 5.82 Å². The van der Waals surface area contributed by atoms with Crippen molar-refractivity contribution in [1.82, 2.24) is 0 Å². The van der Waals surface area contributed by atoms with Crippen LogP contribution in [0.3, 0.4) is 0 Å². The van der Waals surface area contributed by atoms with E-state index in [1.54, 1.807) is 6.07 Å². The van der Waals surface area contributed by atoms with Gasteiger partial charge in [-0.3, -0.25) is 4.31 Å². The smallest absolute Gasteiger partial charge is 0.235 e. The average Bonchev–Trinajstić information content (AvgIpc) is 2.80. The van der Waals surface area contributed by atoms with Gasteiger partial charge in [-0.25, -0.2) is 12.8 Å². The molecule has 5 nitrogen and oxygen atoms in total. The molecule has 1 saturated heterocycles. The number of aliphatic hydroxyl groups excluding tert-OH is 1. The Morgan fingerprint density at radius 2 is 2.10 bits per heavy atom. The van der Waals surface area contributed by atoms with Gasteiger partial charge in [-0.1, -0.05) is 0 Å². The van der Waals surface area contributed by atoms with Crippen LogP contribution in [0.4, 0.5) is 15.8 Å². The molecule has 1 aliphatic rings. The zero-order valence-electron chi connectivity index (χ0n) is 11.9. The molecule has 2 N–H and O–H groups in total. The molecular weight excluding hydrogens is 295 g/mol. The molecule has 0 aliphatic carbocycles. The summed E-state index contributed by atoms with van der Waals surface area (Å²) in [6.45, 7) is 1.20. The summed E-state index contributed by atoms with van der Waals surface area (Å²) in [5, 5.41) is 11.7. The van der Waals surface area contributed by atoms with Crippen molar-refractivity contribution in [3.63, 3.8) is 0 Å². The Hall–Kier alpha value is -1.34. The number of sulfonamides is 1. The molecule has 2 rings (SSSR count). The van der Waals surface area contributed by atoms with Crippen LogP contribution >= 0.6 is 0 Å². The van der Waals surface area contributed by atoms with Crippen molar-refractivity contribution in [2.75, 3.05) is 35.1 Å². The van der Waals surface area contributed by atoms with Gasteiger partial charge in [-0.15, -0.1) is 0 Å². The summed E-state index contributed by atoms with van der Waals surface area (Å²) >= 11 is 0. The van der Waals surface area contributed by atoms with E-state index in [0.717, 1.165) is 19.3 Å². The van der Waals surface area contributed by atoms with E-state index < -0.39 is 15.8 Å².